The second kappa shape index (κ2) is 5.50. The lowest BCUT2D eigenvalue weighted by molar-refractivity contribution is -0.0359. The van der Waals surface area contributed by atoms with E-state index >= 15 is 0 Å². The Hall–Kier alpha value is 0.270. The van der Waals surface area contributed by atoms with Crippen molar-refractivity contribution in [1.82, 2.24) is 5.32 Å². The Kier molecular flexibility index (Phi) is 3.98. The van der Waals surface area contributed by atoms with Gasteiger partial charge in [-0.15, -0.1) is 0 Å². The molecule has 1 aliphatic carbocycles. The standard InChI is InChI=1S/C14H25NOS/c1-2-7-14(6-1)8-3-13(16-14)11-15-12-4-9-17-10-5-12/h12-13,15H,1-11H2. The Balaban J connectivity index is 1.41. The Morgan fingerprint density at radius 3 is 2.59 bits per heavy atom. The molecular weight excluding hydrogens is 230 g/mol. The second-order valence-electron chi connectivity index (χ2n) is 5.96. The predicted octanol–water partition coefficient (Wildman–Crippen LogP) is 2.96. The van der Waals surface area contributed by atoms with Crippen molar-refractivity contribution < 1.29 is 4.74 Å². The number of nitrogens with one attached hydrogen (secondary N) is 1. The van der Waals surface area contributed by atoms with E-state index in [0.717, 1.165) is 12.6 Å². The lowest BCUT2D eigenvalue weighted by Gasteiger charge is -2.26. The lowest BCUT2D eigenvalue weighted by atomic mass is 9.98. The summed E-state index contributed by atoms with van der Waals surface area (Å²) in [6.45, 7) is 1.09. The molecular formula is C14H25NOS. The van der Waals surface area contributed by atoms with E-state index in [1.807, 2.05) is 0 Å². The number of ether oxygens (including phenoxy) is 1. The van der Waals surface area contributed by atoms with Gasteiger partial charge in [-0.25, -0.2) is 0 Å². The van der Waals surface area contributed by atoms with Crippen LogP contribution in [0.25, 0.3) is 0 Å². The molecule has 0 amide bonds. The van der Waals surface area contributed by atoms with Crippen LogP contribution in [0, 0.1) is 0 Å². The summed E-state index contributed by atoms with van der Waals surface area (Å²) in [5.41, 5.74) is 0.314. The second-order valence-corrected chi connectivity index (χ2v) is 7.19. The normalized spacial score (nSPS) is 33.5. The van der Waals surface area contributed by atoms with E-state index in [0.29, 0.717) is 11.7 Å². The summed E-state index contributed by atoms with van der Waals surface area (Å²) in [5.74, 6) is 2.68. The molecule has 17 heavy (non-hydrogen) atoms. The molecule has 0 bridgehead atoms. The molecule has 98 valence electrons. The Labute approximate surface area is 109 Å². The van der Waals surface area contributed by atoms with Crippen LogP contribution in [0.15, 0.2) is 0 Å². The minimum atomic E-state index is 0.314. The van der Waals surface area contributed by atoms with Gasteiger partial charge in [-0.1, -0.05) is 12.8 Å². The van der Waals surface area contributed by atoms with Gasteiger partial charge >= 0.3 is 0 Å². The van der Waals surface area contributed by atoms with Gasteiger partial charge in [0.15, 0.2) is 0 Å². The summed E-state index contributed by atoms with van der Waals surface area (Å²) in [4.78, 5) is 0. The molecule has 2 aliphatic heterocycles. The fraction of sp³-hybridized carbons (Fsp3) is 1.00. The monoisotopic (exact) mass is 255 g/mol. The van der Waals surface area contributed by atoms with Crippen LogP contribution in [0.4, 0.5) is 0 Å². The first-order valence-corrected chi connectivity index (χ1v) is 8.51. The van der Waals surface area contributed by atoms with E-state index in [9.17, 15) is 0 Å². The average Bonchev–Trinajstić information content (AvgIpc) is 2.99. The van der Waals surface area contributed by atoms with E-state index in [2.05, 4.69) is 17.1 Å². The SMILES string of the molecule is C1CCC2(C1)CCC(CNC1CCSCC1)O2. The summed E-state index contributed by atoms with van der Waals surface area (Å²) >= 11 is 2.10. The highest BCUT2D eigenvalue weighted by molar-refractivity contribution is 7.99. The molecule has 2 nitrogen and oxygen atoms in total. The van der Waals surface area contributed by atoms with Crippen LogP contribution in [0.1, 0.15) is 51.4 Å². The molecule has 1 saturated carbocycles. The zero-order valence-electron chi connectivity index (χ0n) is 10.7. The summed E-state index contributed by atoms with van der Waals surface area (Å²) < 4.78 is 6.33. The zero-order chi connectivity index (χ0) is 11.6. The van der Waals surface area contributed by atoms with Gasteiger partial charge in [0.2, 0.25) is 0 Å². The van der Waals surface area contributed by atoms with E-state index in [-0.39, 0.29) is 0 Å². The predicted molar refractivity (Wildman–Crippen MR) is 73.7 cm³/mol. The molecule has 0 aromatic rings. The maximum absolute atomic E-state index is 6.33. The highest BCUT2D eigenvalue weighted by Gasteiger charge is 2.41. The minimum absolute atomic E-state index is 0.314. The lowest BCUT2D eigenvalue weighted by Crippen LogP contribution is -2.38. The van der Waals surface area contributed by atoms with Crippen molar-refractivity contribution in [1.29, 1.82) is 0 Å². The van der Waals surface area contributed by atoms with Gasteiger partial charge in [0.1, 0.15) is 0 Å². The number of hydrogen-bond acceptors (Lipinski definition) is 3. The van der Waals surface area contributed by atoms with Crippen molar-refractivity contribution in [2.45, 2.75) is 69.1 Å². The van der Waals surface area contributed by atoms with Gasteiger partial charge in [-0.05, 0) is 50.0 Å². The fourth-order valence-electron chi connectivity index (χ4n) is 3.63. The molecule has 3 heteroatoms. The molecule has 2 heterocycles. The molecule has 3 rings (SSSR count). The number of hydrogen-bond donors (Lipinski definition) is 1. The minimum Gasteiger partial charge on any atom is -0.370 e. The van der Waals surface area contributed by atoms with Crippen LogP contribution in [0.3, 0.4) is 0 Å². The highest BCUT2D eigenvalue weighted by atomic mass is 32.2. The molecule has 2 saturated heterocycles. The van der Waals surface area contributed by atoms with Gasteiger partial charge in [0.05, 0.1) is 11.7 Å². The van der Waals surface area contributed by atoms with Crippen LogP contribution in [-0.4, -0.2) is 35.8 Å². The Bertz CT molecular complexity index is 247. The Morgan fingerprint density at radius 1 is 1.06 bits per heavy atom. The summed E-state index contributed by atoms with van der Waals surface area (Å²) in [5, 5.41) is 3.73. The van der Waals surface area contributed by atoms with Crippen LogP contribution in [0.5, 0.6) is 0 Å². The van der Waals surface area contributed by atoms with Gasteiger partial charge in [0, 0.05) is 12.6 Å². The van der Waals surface area contributed by atoms with Crippen molar-refractivity contribution in [3.63, 3.8) is 0 Å². The molecule has 3 fully saturated rings. The number of rotatable bonds is 3. The van der Waals surface area contributed by atoms with Crippen LogP contribution >= 0.6 is 11.8 Å². The van der Waals surface area contributed by atoms with Crippen molar-refractivity contribution in [3.8, 4) is 0 Å². The molecule has 1 spiro atoms. The molecule has 3 aliphatic rings. The third-order valence-corrected chi connectivity index (χ3v) is 5.76. The number of thioether (sulfide) groups is 1. The average molecular weight is 255 g/mol. The van der Waals surface area contributed by atoms with E-state index in [4.69, 9.17) is 4.74 Å². The Morgan fingerprint density at radius 2 is 1.82 bits per heavy atom. The van der Waals surface area contributed by atoms with E-state index < -0.39 is 0 Å². The van der Waals surface area contributed by atoms with Crippen molar-refractivity contribution in [3.05, 3.63) is 0 Å². The van der Waals surface area contributed by atoms with Gasteiger partial charge in [-0.2, -0.15) is 11.8 Å². The van der Waals surface area contributed by atoms with Crippen LogP contribution in [0.2, 0.25) is 0 Å². The van der Waals surface area contributed by atoms with Crippen molar-refractivity contribution in [2.75, 3.05) is 18.1 Å². The largest absolute Gasteiger partial charge is 0.370 e. The first-order valence-electron chi connectivity index (χ1n) is 7.35. The summed E-state index contributed by atoms with van der Waals surface area (Å²) in [6, 6.07) is 0.764. The molecule has 0 radical (unpaired) electrons. The summed E-state index contributed by atoms with van der Waals surface area (Å²) in [6.07, 6.45) is 11.2. The van der Waals surface area contributed by atoms with Gasteiger partial charge in [0.25, 0.3) is 0 Å². The molecule has 1 unspecified atom stereocenters. The third kappa shape index (κ3) is 2.99. The van der Waals surface area contributed by atoms with E-state index in [1.165, 1.54) is 62.9 Å². The maximum atomic E-state index is 6.33. The zero-order valence-corrected chi connectivity index (χ0v) is 11.6. The maximum Gasteiger partial charge on any atom is 0.0708 e. The molecule has 0 aromatic carbocycles. The van der Waals surface area contributed by atoms with Gasteiger partial charge < -0.3 is 10.1 Å². The quantitative estimate of drug-likeness (QED) is 0.838. The van der Waals surface area contributed by atoms with Crippen molar-refractivity contribution >= 4 is 11.8 Å². The molecule has 1 atom stereocenters. The topological polar surface area (TPSA) is 21.3 Å². The molecule has 0 aromatic heterocycles. The third-order valence-electron chi connectivity index (χ3n) is 4.71. The smallest absolute Gasteiger partial charge is 0.0708 e. The first-order chi connectivity index (χ1) is 8.36. The molecule has 1 N–H and O–H groups in total. The van der Waals surface area contributed by atoms with E-state index in [1.54, 1.807) is 0 Å². The fourth-order valence-corrected chi connectivity index (χ4v) is 4.73. The van der Waals surface area contributed by atoms with Crippen LogP contribution < -0.4 is 5.32 Å². The van der Waals surface area contributed by atoms with Gasteiger partial charge in [-0.3, -0.25) is 0 Å². The summed E-state index contributed by atoms with van der Waals surface area (Å²) in [7, 11) is 0. The highest BCUT2D eigenvalue weighted by Crippen LogP contribution is 2.43. The first kappa shape index (κ1) is 12.3. The van der Waals surface area contributed by atoms with Crippen molar-refractivity contribution in [2.24, 2.45) is 0 Å². The van der Waals surface area contributed by atoms with Crippen LogP contribution in [-0.2, 0) is 4.74 Å².